The molecule has 0 bridgehead atoms. The van der Waals surface area contributed by atoms with Crippen LogP contribution in [0.3, 0.4) is 0 Å². The summed E-state index contributed by atoms with van der Waals surface area (Å²) < 4.78 is 0. The summed E-state index contributed by atoms with van der Waals surface area (Å²) in [6.07, 6.45) is 24.1. The highest BCUT2D eigenvalue weighted by atomic mass is 14.2. The Bertz CT molecular complexity index is 545. The summed E-state index contributed by atoms with van der Waals surface area (Å²) in [5.41, 5.74) is 4.55. The van der Waals surface area contributed by atoms with Crippen LogP contribution in [0, 0.1) is 11.3 Å². The van der Waals surface area contributed by atoms with Crippen LogP contribution in [-0.4, -0.2) is 0 Å². The quantitative estimate of drug-likeness (QED) is 0.520. The third-order valence-electron chi connectivity index (χ3n) is 4.35. The lowest BCUT2D eigenvalue weighted by molar-refractivity contribution is 0.482. The van der Waals surface area contributed by atoms with Crippen LogP contribution >= 0.6 is 0 Å². The van der Waals surface area contributed by atoms with Crippen molar-refractivity contribution in [2.45, 2.75) is 47.0 Å². The zero-order chi connectivity index (χ0) is 15.3. The van der Waals surface area contributed by atoms with Crippen molar-refractivity contribution in [2.24, 2.45) is 11.3 Å². The van der Waals surface area contributed by atoms with Gasteiger partial charge in [-0.2, -0.15) is 0 Å². The average Bonchev–Trinajstić information content (AvgIpc) is 2.43. The summed E-state index contributed by atoms with van der Waals surface area (Å²) in [4.78, 5) is 0. The maximum absolute atomic E-state index is 2.40. The molecule has 0 aromatic heterocycles. The van der Waals surface area contributed by atoms with Crippen LogP contribution < -0.4 is 0 Å². The van der Waals surface area contributed by atoms with E-state index in [9.17, 15) is 0 Å². The highest BCUT2D eigenvalue weighted by Gasteiger charge is 2.20. The third-order valence-corrected chi connectivity index (χ3v) is 4.35. The van der Waals surface area contributed by atoms with Crippen LogP contribution in [0.2, 0.25) is 0 Å². The predicted octanol–water partition coefficient (Wildman–Crippen LogP) is 6.31. The van der Waals surface area contributed by atoms with E-state index >= 15 is 0 Å². The summed E-state index contributed by atoms with van der Waals surface area (Å²) >= 11 is 0. The van der Waals surface area contributed by atoms with Gasteiger partial charge >= 0.3 is 0 Å². The maximum atomic E-state index is 2.40. The van der Waals surface area contributed by atoms with E-state index in [0.717, 1.165) is 19.3 Å². The lowest BCUT2D eigenvalue weighted by Gasteiger charge is -2.25. The summed E-state index contributed by atoms with van der Waals surface area (Å²) in [7, 11) is 0. The van der Waals surface area contributed by atoms with Crippen molar-refractivity contribution in [1.29, 1.82) is 0 Å². The Morgan fingerprint density at radius 3 is 2.67 bits per heavy atom. The number of allylic oxidation sites excluding steroid dienone is 12. The van der Waals surface area contributed by atoms with Gasteiger partial charge in [0.05, 0.1) is 0 Å². The third kappa shape index (κ3) is 4.20. The molecule has 0 amide bonds. The Hall–Kier alpha value is -1.56. The summed E-state index contributed by atoms with van der Waals surface area (Å²) in [5, 5.41) is 0. The van der Waals surface area contributed by atoms with Crippen molar-refractivity contribution in [1.82, 2.24) is 0 Å². The minimum absolute atomic E-state index is 0.297. The first kappa shape index (κ1) is 15.8. The van der Waals surface area contributed by atoms with Crippen LogP contribution in [0.5, 0.6) is 0 Å². The van der Waals surface area contributed by atoms with E-state index in [2.05, 4.69) is 82.4 Å². The van der Waals surface area contributed by atoms with Crippen molar-refractivity contribution < 1.29 is 0 Å². The van der Waals surface area contributed by atoms with Crippen molar-refractivity contribution >= 4 is 0 Å². The SMILES string of the molecule is C/C=C\C1C\C=C/C=C(C2=CCC(C)(C)C=C2)\C(=C\C)C1. The Morgan fingerprint density at radius 1 is 1.24 bits per heavy atom. The Kier molecular flexibility index (Phi) is 5.22. The van der Waals surface area contributed by atoms with Crippen LogP contribution in [0.15, 0.2) is 71.4 Å². The number of hydrogen-bond acceptors (Lipinski definition) is 0. The van der Waals surface area contributed by atoms with Crippen LogP contribution in [0.25, 0.3) is 0 Å². The fraction of sp³-hybridized carbons (Fsp3) is 0.429. The van der Waals surface area contributed by atoms with E-state index in [1.807, 2.05) is 0 Å². The molecule has 0 N–H and O–H groups in total. The van der Waals surface area contributed by atoms with E-state index in [1.54, 1.807) is 0 Å². The van der Waals surface area contributed by atoms with Gasteiger partial charge in [0.1, 0.15) is 0 Å². The molecule has 0 spiro atoms. The molecular weight excluding hydrogens is 252 g/mol. The van der Waals surface area contributed by atoms with Gasteiger partial charge < -0.3 is 0 Å². The van der Waals surface area contributed by atoms with Gasteiger partial charge in [-0.15, -0.1) is 0 Å². The van der Waals surface area contributed by atoms with Gasteiger partial charge in [0.25, 0.3) is 0 Å². The topological polar surface area (TPSA) is 0 Å². The van der Waals surface area contributed by atoms with Gasteiger partial charge in [0.2, 0.25) is 0 Å². The van der Waals surface area contributed by atoms with Crippen LogP contribution in [0.4, 0.5) is 0 Å². The standard InChI is InChI=1S/C21H28/c1-5-9-17-10-7-8-11-20(18(6-2)16-17)19-12-14-21(3,4)15-13-19/h5-9,11-14,17H,10,15-16H2,1-4H3/b8-7-,9-5-,18-6+,20-11+. The van der Waals surface area contributed by atoms with Gasteiger partial charge in [0.15, 0.2) is 0 Å². The van der Waals surface area contributed by atoms with Gasteiger partial charge in [-0.25, -0.2) is 0 Å². The van der Waals surface area contributed by atoms with Crippen LogP contribution in [-0.2, 0) is 0 Å². The molecule has 0 aliphatic heterocycles. The fourth-order valence-electron chi connectivity index (χ4n) is 3.00. The molecule has 0 aromatic rings. The molecule has 0 radical (unpaired) electrons. The molecule has 0 fully saturated rings. The molecule has 0 heteroatoms. The molecule has 21 heavy (non-hydrogen) atoms. The summed E-state index contributed by atoms with van der Waals surface area (Å²) in [6, 6.07) is 0. The van der Waals surface area contributed by atoms with Crippen LogP contribution in [0.1, 0.15) is 47.0 Å². The molecule has 2 aliphatic carbocycles. The molecule has 0 saturated heterocycles. The van der Waals surface area contributed by atoms with Crippen molar-refractivity contribution in [3.8, 4) is 0 Å². The summed E-state index contributed by atoms with van der Waals surface area (Å²) in [5.74, 6) is 0.616. The van der Waals surface area contributed by atoms with Crippen molar-refractivity contribution in [2.75, 3.05) is 0 Å². The van der Waals surface area contributed by atoms with Gasteiger partial charge in [-0.05, 0) is 61.2 Å². The largest absolute Gasteiger partial charge is 0.0914 e. The van der Waals surface area contributed by atoms with Crippen molar-refractivity contribution in [3.63, 3.8) is 0 Å². The second-order valence-electron chi connectivity index (χ2n) is 6.73. The van der Waals surface area contributed by atoms with E-state index in [0.29, 0.717) is 11.3 Å². The first-order valence-electron chi connectivity index (χ1n) is 8.10. The Morgan fingerprint density at radius 2 is 2.05 bits per heavy atom. The lowest BCUT2D eigenvalue weighted by Crippen LogP contribution is -2.11. The molecule has 2 aliphatic rings. The molecule has 0 nitrogen and oxygen atoms in total. The van der Waals surface area contributed by atoms with Crippen molar-refractivity contribution in [3.05, 3.63) is 71.4 Å². The van der Waals surface area contributed by atoms with Gasteiger partial charge in [0, 0.05) is 0 Å². The number of hydrogen-bond donors (Lipinski definition) is 0. The number of rotatable bonds is 2. The average molecular weight is 280 g/mol. The zero-order valence-electron chi connectivity index (χ0n) is 13.9. The smallest absolute Gasteiger partial charge is 0.0137 e. The lowest BCUT2D eigenvalue weighted by atomic mass is 9.79. The summed E-state index contributed by atoms with van der Waals surface area (Å²) in [6.45, 7) is 8.87. The molecule has 0 aromatic carbocycles. The van der Waals surface area contributed by atoms with Gasteiger partial charge in [-0.3, -0.25) is 0 Å². The second-order valence-corrected chi connectivity index (χ2v) is 6.73. The minimum atomic E-state index is 0.297. The molecule has 1 unspecified atom stereocenters. The molecule has 1 atom stereocenters. The second kappa shape index (κ2) is 6.93. The maximum Gasteiger partial charge on any atom is -0.0137 e. The Balaban J connectivity index is 2.29. The molecule has 0 heterocycles. The first-order valence-corrected chi connectivity index (χ1v) is 8.10. The molecule has 2 rings (SSSR count). The monoisotopic (exact) mass is 280 g/mol. The Labute approximate surface area is 130 Å². The molecule has 112 valence electrons. The fourth-order valence-corrected chi connectivity index (χ4v) is 3.00. The van der Waals surface area contributed by atoms with E-state index in [-0.39, 0.29) is 0 Å². The molecule has 0 saturated carbocycles. The predicted molar refractivity (Wildman–Crippen MR) is 94.1 cm³/mol. The van der Waals surface area contributed by atoms with E-state index in [4.69, 9.17) is 0 Å². The molecular formula is C21H28. The minimum Gasteiger partial charge on any atom is -0.0914 e. The van der Waals surface area contributed by atoms with E-state index < -0.39 is 0 Å². The van der Waals surface area contributed by atoms with Gasteiger partial charge in [-0.1, -0.05) is 68.5 Å². The highest BCUT2D eigenvalue weighted by molar-refractivity contribution is 5.54. The first-order chi connectivity index (χ1) is 10.1. The van der Waals surface area contributed by atoms with E-state index in [1.165, 1.54) is 16.7 Å². The normalized spacial score (nSPS) is 31.4. The highest BCUT2D eigenvalue weighted by Crippen LogP contribution is 2.35. The zero-order valence-corrected chi connectivity index (χ0v) is 13.9.